The molecule has 0 radical (unpaired) electrons. The van der Waals surface area contributed by atoms with Crippen LogP contribution in [0.2, 0.25) is 0 Å². The second kappa shape index (κ2) is 5.35. The average molecular weight is 251 g/mol. The molecule has 18 heavy (non-hydrogen) atoms. The zero-order valence-corrected chi connectivity index (χ0v) is 10.3. The standard InChI is InChI=1S/C11H13N3O4/c1-7(2)12-8(3)9-4-10(13(15)16)6-11(5-9)14(17)18/h4-7H,1-3H3/b12-8+. The normalized spacial score (nSPS) is 11.7. The molecule has 0 amide bonds. The van der Waals surface area contributed by atoms with Crippen LogP contribution in [0.4, 0.5) is 11.4 Å². The number of nitro benzene ring substituents is 2. The van der Waals surface area contributed by atoms with Crippen molar-refractivity contribution in [1.82, 2.24) is 0 Å². The molecule has 0 saturated carbocycles. The van der Waals surface area contributed by atoms with Gasteiger partial charge in [-0.25, -0.2) is 0 Å². The number of aliphatic imine (C=N–C) groups is 1. The SMILES string of the molecule is C/C(=N\C(C)C)c1cc([N+](=O)[O-])cc([N+](=O)[O-])c1. The predicted molar refractivity (Wildman–Crippen MR) is 67.1 cm³/mol. The summed E-state index contributed by atoms with van der Waals surface area (Å²) in [4.78, 5) is 24.3. The van der Waals surface area contributed by atoms with Crippen LogP contribution in [0.5, 0.6) is 0 Å². The number of non-ortho nitro benzene ring substituents is 2. The lowest BCUT2D eigenvalue weighted by atomic mass is 10.1. The van der Waals surface area contributed by atoms with Crippen molar-refractivity contribution in [2.45, 2.75) is 26.8 Å². The van der Waals surface area contributed by atoms with Crippen molar-refractivity contribution in [2.24, 2.45) is 4.99 Å². The lowest BCUT2D eigenvalue weighted by Crippen LogP contribution is -2.03. The molecular weight excluding hydrogens is 238 g/mol. The minimum absolute atomic E-state index is 0.0170. The van der Waals surface area contributed by atoms with E-state index in [1.54, 1.807) is 6.92 Å². The molecule has 0 saturated heterocycles. The first-order valence-corrected chi connectivity index (χ1v) is 5.30. The number of nitrogens with zero attached hydrogens (tertiary/aromatic N) is 3. The molecule has 0 spiro atoms. The summed E-state index contributed by atoms with van der Waals surface area (Å²) in [7, 11) is 0. The maximum atomic E-state index is 10.7. The fraction of sp³-hybridized carbons (Fsp3) is 0.364. The highest BCUT2D eigenvalue weighted by atomic mass is 16.6. The van der Waals surface area contributed by atoms with Crippen LogP contribution in [0.25, 0.3) is 0 Å². The van der Waals surface area contributed by atoms with E-state index in [0.717, 1.165) is 6.07 Å². The predicted octanol–water partition coefficient (Wildman–Crippen LogP) is 2.72. The summed E-state index contributed by atoms with van der Waals surface area (Å²) in [6, 6.07) is 3.53. The van der Waals surface area contributed by atoms with Gasteiger partial charge in [-0.1, -0.05) is 0 Å². The first-order valence-electron chi connectivity index (χ1n) is 5.30. The second-order valence-electron chi connectivity index (χ2n) is 4.06. The summed E-state index contributed by atoms with van der Waals surface area (Å²) in [6.45, 7) is 5.38. The molecule has 1 aromatic carbocycles. The molecule has 1 rings (SSSR count). The van der Waals surface area contributed by atoms with E-state index >= 15 is 0 Å². The molecule has 0 fully saturated rings. The molecule has 1 aromatic rings. The Hall–Kier alpha value is -2.31. The van der Waals surface area contributed by atoms with Crippen molar-refractivity contribution in [3.8, 4) is 0 Å². The fourth-order valence-electron chi connectivity index (χ4n) is 1.48. The van der Waals surface area contributed by atoms with Gasteiger partial charge in [-0.15, -0.1) is 0 Å². The van der Waals surface area contributed by atoms with Crippen molar-refractivity contribution in [2.75, 3.05) is 0 Å². The number of hydrogen-bond donors (Lipinski definition) is 0. The van der Waals surface area contributed by atoms with Gasteiger partial charge in [-0.2, -0.15) is 0 Å². The van der Waals surface area contributed by atoms with Crippen LogP contribution in [0.3, 0.4) is 0 Å². The fourth-order valence-corrected chi connectivity index (χ4v) is 1.48. The van der Waals surface area contributed by atoms with Gasteiger partial charge in [0.15, 0.2) is 0 Å². The third kappa shape index (κ3) is 3.34. The highest BCUT2D eigenvalue weighted by molar-refractivity contribution is 5.99. The second-order valence-corrected chi connectivity index (χ2v) is 4.06. The minimum atomic E-state index is -0.654. The highest BCUT2D eigenvalue weighted by Gasteiger charge is 2.17. The smallest absolute Gasteiger partial charge is 0.276 e. The van der Waals surface area contributed by atoms with Crippen LogP contribution in [0.15, 0.2) is 23.2 Å². The van der Waals surface area contributed by atoms with Crippen LogP contribution in [0.1, 0.15) is 26.3 Å². The van der Waals surface area contributed by atoms with Crippen LogP contribution in [-0.4, -0.2) is 21.6 Å². The zero-order chi connectivity index (χ0) is 13.9. The largest absolute Gasteiger partial charge is 0.287 e. The van der Waals surface area contributed by atoms with E-state index in [1.807, 2.05) is 13.8 Å². The van der Waals surface area contributed by atoms with E-state index in [-0.39, 0.29) is 17.4 Å². The van der Waals surface area contributed by atoms with Crippen LogP contribution in [-0.2, 0) is 0 Å². The molecule has 0 bridgehead atoms. The average Bonchev–Trinajstić information content (AvgIpc) is 2.27. The molecule has 7 nitrogen and oxygen atoms in total. The Balaban J connectivity index is 3.36. The summed E-state index contributed by atoms with van der Waals surface area (Å²) < 4.78 is 0. The van der Waals surface area contributed by atoms with Crippen molar-refractivity contribution >= 4 is 17.1 Å². The first-order chi connectivity index (χ1) is 8.31. The highest BCUT2D eigenvalue weighted by Crippen LogP contribution is 2.23. The van der Waals surface area contributed by atoms with E-state index in [9.17, 15) is 20.2 Å². The van der Waals surface area contributed by atoms with Gasteiger partial charge in [0.25, 0.3) is 11.4 Å². The van der Waals surface area contributed by atoms with Gasteiger partial charge in [-0.3, -0.25) is 25.2 Å². The van der Waals surface area contributed by atoms with Gasteiger partial charge in [0.2, 0.25) is 0 Å². The third-order valence-corrected chi connectivity index (χ3v) is 2.19. The summed E-state index contributed by atoms with van der Waals surface area (Å²) in [6.07, 6.45) is 0. The molecule has 0 aliphatic rings. The Labute approximate surface area is 103 Å². The molecule has 7 heteroatoms. The Morgan fingerprint density at radius 1 is 1.11 bits per heavy atom. The quantitative estimate of drug-likeness (QED) is 0.466. The number of rotatable bonds is 4. The van der Waals surface area contributed by atoms with Crippen molar-refractivity contribution in [3.05, 3.63) is 44.0 Å². The van der Waals surface area contributed by atoms with Gasteiger partial charge in [0, 0.05) is 29.4 Å². The maximum absolute atomic E-state index is 10.7. The van der Waals surface area contributed by atoms with E-state index in [0.29, 0.717) is 11.3 Å². The van der Waals surface area contributed by atoms with E-state index in [4.69, 9.17) is 0 Å². The van der Waals surface area contributed by atoms with E-state index in [2.05, 4.69) is 4.99 Å². The topological polar surface area (TPSA) is 98.6 Å². The van der Waals surface area contributed by atoms with Gasteiger partial charge in [0.1, 0.15) is 0 Å². The van der Waals surface area contributed by atoms with E-state index in [1.165, 1.54) is 12.1 Å². The molecule has 0 atom stereocenters. The lowest BCUT2D eigenvalue weighted by molar-refractivity contribution is -0.394. The molecule has 0 unspecified atom stereocenters. The van der Waals surface area contributed by atoms with Crippen molar-refractivity contribution in [1.29, 1.82) is 0 Å². The van der Waals surface area contributed by atoms with Gasteiger partial charge in [-0.05, 0) is 20.8 Å². The molecule has 0 aromatic heterocycles. The Bertz CT molecular complexity index is 491. The summed E-state index contributed by atoms with van der Waals surface area (Å²) in [5, 5.41) is 21.4. The van der Waals surface area contributed by atoms with Gasteiger partial charge >= 0.3 is 0 Å². The van der Waals surface area contributed by atoms with Crippen LogP contribution >= 0.6 is 0 Å². The molecule has 96 valence electrons. The Morgan fingerprint density at radius 2 is 1.56 bits per heavy atom. The lowest BCUT2D eigenvalue weighted by Gasteiger charge is -2.03. The number of benzene rings is 1. The van der Waals surface area contributed by atoms with Crippen molar-refractivity contribution in [3.63, 3.8) is 0 Å². The van der Waals surface area contributed by atoms with E-state index < -0.39 is 9.85 Å². The Kier molecular flexibility index (Phi) is 4.09. The monoisotopic (exact) mass is 251 g/mol. The zero-order valence-electron chi connectivity index (χ0n) is 10.3. The molecule has 0 aliphatic carbocycles. The number of nitro groups is 2. The molecule has 0 aliphatic heterocycles. The molecule has 0 N–H and O–H groups in total. The maximum Gasteiger partial charge on any atom is 0.276 e. The summed E-state index contributed by atoms with van der Waals surface area (Å²) in [5.41, 5.74) is 0.316. The first kappa shape index (κ1) is 13.8. The minimum Gasteiger partial charge on any atom is -0.287 e. The van der Waals surface area contributed by atoms with Gasteiger partial charge in [0.05, 0.1) is 15.9 Å². The summed E-state index contributed by atoms with van der Waals surface area (Å²) >= 11 is 0. The van der Waals surface area contributed by atoms with Gasteiger partial charge < -0.3 is 0 Å². The third-order valence-electron chi connectivity index (χ3n) is 2.19. The van der Waals surface area contributed by atoms with Crippen LogP contribution in [0, 0.1) is 20.2 Å². The summed E-state index contributed by atoms with van der Waals surface area (Å²) in [5.74, 6) is 0. The number of hydrogen-bond acceptors (Lipinski definition) is 5. The van der Waals surface area contributed by atoms with Crippen molar-refractivity contribution < 1.29 is 9.85 Å². The molecule has 0 heterocycles. The van der Waals surface area contributed by atoms with Crippen LogP contribution < -0.4 is 0 Å². The molecular formula is C11H13N3O4. The Morgan fingerprint density at radius 3 is 1.89 bits per heavy atom.